The summed E-state index contributed by atoms with van der Waals surface area (Å²) in [6.07, 6.45) is 0. The fourth-order valence-electron chi connectivity index (χ4n) is 2.63. The molecule has 0 fully saturated rings. The van der Waals surface area contributed by atoms with Crippen molar-refractivity contribution in [2.24, 2.45) is 0 Å². The second-order valence-corrected chi connectivity index (χ2v) is 5.87. The van der Waals surface area contributed by atoms with E-state index in [1.807, 2.05) is 24.3 Å². The van der Waals surface area contributed by atoms with Gasteiger partial charge in [-0.15, -0.1) is 11.6 Å². The van der Waals surface area contributed by atoms with E-state index in [9.17, 15) is 0 Å². The van der Waals surface area contributed by atoms with Crippen LogP contribution in [0.3, 0.4) is 0 Å². The summed E-state index contributed by atoms with van der Waals surface area (Å²) in [5.74, 6) is 0.562. The lowest BCUT2D eigenvalue weighted by molar-refractivity contribution is 0.579. The highest BCUT2D eigenvalue weighted by Gasteiger charge is 2.08. The monoisotopic (exact) mass is 321 g/mol. The van der Waals surface area contributed by atoms with Gasteiger partial charge in [-0.05, 0) is 22.3 Å². The molecule has 0 amide bonds. The molecule has 1 N–H and O–H groups in total. The van der Waals surface area contributed by atoms with Crippen LogP contribution in [-0.2, 0) is 6.54 Å². The molecule has 0 saturated carbocycles. The molecule has 0 aliphatic carbocycles. The van der Waals surface area contributed by atoms with Crippen molar-refractivity contribution in [3.05, 3.63) is 96.1 Å². The first-order valence-corrected chi connectivity index (χ1v) is 8.39. The molecule has 1 nitrogen and oxygen atoms in total. The Kier molecular flexibility index (Phi) is 5.46. The molecule has 1 atom stereocenters. The zero-order chi connectivity index (χ0) is 15.9. The van der Waals surface area contributed by atoms with E-state index < -0.39 is 0 Å². The van der Waals surface area contributed by atoms with E-state index in [-0.39, 0.29) is 6.04 Å². The normalized spacial score (nSPS) is 12.0. The molecule has 2 heteroatoms. The Bertz CT molecular complexity index is 708. The van der Waals surface area contributed by atoms with E-state index in [1.165, 1.54) is 22.3 Å². The Morgan fingerprint density at radius 3 is 1.87 bits per heavy atom. The molecular weight excluding hydrogens is 302 g/mol. The Morgan fingerprint density at radius 1 is 0.696 bits per heavy atom. The standard InChI is InChI=1S/C21H20ClN/c22-15-21(20-9-5-2-6-10-20)23-16-17-11-13-19(14-12-17)18-7-3-1-4-8-18/h1-14,21,23H,15-16H2. The molecule has 1 unspecified atom stereocenters. The van der Waals surface area contributed by atoms with E-state index in [2.05, 4.69) is 66.0 Å². The van der Waals surface area contributed by atoms with Crippen LogP contribution in [0, 0.1) is 0 Å². The highest BCUT2D eigenvalue weighted by molar-refractivity contribution is 6.18. The minimum absolute atomic E-state index is 0.173. The van der Waals surface area contributed by atoms with Crippen molar-refractivity contribution in [3.8, 4) is 11.1 Å². The smallest absolute Gasteiger partial charge is 0.0460 e. The van der Waals surface area contributed by atoms with E-state index in [0.717, 1.165) is 6.54 Å². The summed E-state index contributed by atoms with van der Waals surface area (Å²) in [7, 11) is 0. The Hall–Kier alpha value is -2.09. The van der Waals surface area contributed by atoms with Crippen LogP contribution in [-0.4, -0.2) is 5.88 Å². The molecule has 0 radical (unpaired) electrons. The zero-order valence-corrected chi connectivity index (χ0v) is 13.7. The molecule has 0 heterocycles. The van der Waals surface area contributed by atoms with Gasteiger partial charge >= 0.3 is 0 Å². The second kappa shape index (κ2) is 7.96. The number of rotatable bonds is 6. The van der Waals surface area contributed by atoms with Gasteiger partial charge in [0.15, 0.2) is 0 Å². The van der Waals surface area contributed by atoms with Crippen LogP contribution in [0.25, 0.3) is 11.1 Å². The van der Waals surface area contributed by atoms with Gasteiger partial charge in [0.2, 0.25) is 0 Å². The fourth-order valence-corrected chi connectivity index (χ4v) is 2.92. The SMILES string of the molecule is ClCC(NCc1ccc(-c2ccccc2)cc1)c1ccccc1. The van der Waals surface area contributed by atoms with Crippen molar-refractivity contribution in [1.29, 1.82) is 0 Å². The number of nitrogens with one attached hydrogen (secondary N) is 1. The predicted molar refractivity (Wildman–Crippen MR) is 98.6 cm³/mol. The molecule has 0 aromatic heterocycles. The molecule has 3 rings (SSSR count). The fraction of sp³-hybridized carbons (Fsp3) is 0.143. The first kappa shape index (κ1) is 15.8. The lowest BCUT2D eigenvalue weighted by atomic mass is 10.0. The summed E-state index contributed by atoms with van der Waals surface area (Å²) < 4.78 is 0. The summed E-state index contributed by atoms with van der Waals surface area (Å²) in [5, 5.41) is 3.53. The van der Waals surface area contributed by atoms with Gasteiger partial charge in [0.1, 0.15) is 0 Å². The number of benzene rings is 3. The van der Waals surface area contributed by atoms with Gasteiger partial charge in [-0.3, -0.25) is 0 Å². The van der Waals surface area contributed by atoms with E-state index >= 15 is 0 Å². The quantitative estimate of drug-likeness (QED) is 0.597. The van der Waals surface area contributed by atoms with Crippen LogP contribution in [0.2, 0.25) is 0 Å². The lowest BCUT2D eigenvalue weighted by Gasteiger charge is -2.16. The molecule has 3 aromatic carbocycles. The zero-order valence-electron chi connectivity index (χ0n) is 13.0. The van der Waals surface area contributed by atoms with Crippen LogP contribution >= 0.6 is 11.6 Å². The van der Waals surface area contributed by atoms with Crippen molar-refractivity contribution in [2.75, 3.05) is 5.88 Å². The van der Waals surface area contributed by atoms with Gasteiger partial charge in [0.05, 0.1) is 0 Å². The molecule has 3 aromatic rings. The van der Waals surface area contributed by atoms with Crippen molar-refractivity contribution in [2.45, 2.75) is 12.6 Å². The van der Waals surface area contributed by atoms with Crippen molar-refractivity contribution in [3.63, 3.8) is 0 Å². The minimum Gasteiger partial charge on any atom is -0.305 e. The van der Waals surface area contributed by atoms with Gasteiger partial charge in [-0.25, -0.2) is 0 Å². The van der Waals surface area contributed by atoms with Crippen molar-refractivity contribution < 1.29 is 0 Å². The third kappa shape index (κ3) is 4.22. The van der Waals surface area contributed by atoms with E-state index in [1.54, 1.807) is 0 Å². The lowest BCUT2D eigenvalue weighted by Crippen LogP contribution is -2.22. The van der Waals surface area contributed by atoms with E-state index in [4.69, 9.17) is 11.6 Å². The first-order chi connectivity index (χ1) is 11.4. The third-order valence-electron chi connectivity index (χ3n) is 3.97. The summed E-state index contributed by atoms with van der Waals surface area (Å²) in [5.41, 5.74) is 4.97. The minimum atomic E-state index is 0.173. The number of hydrogen-bond donors (Lipinski definition) is 1. The molecule has 23 heavy (non-hydrogen) atoms. The highest BCUT2D eigenvalue weighted by Crippen LogP contribution is 2.20. The van der Waals surface area contributed by atoms with Crippen LogP contribution in [0.1, 0.15) is 17.2 Å². The van der Waals surface area contributed by atoms with Gasteiger partial charge < -0.3 is 5.32 Å². The third-order valence-corrected chi connectivity index (χ3v) is 4.28. The van der Waals surface area contributed by atoms with Gasteiger partial charge in [-0.1, -0.05) is 84.9 Å². The average molecular weight is 322 g/mol. The Labute approximate surface area is 142 Å². The summed E-state index contributed by atoms with van der Waals surface area (Å²) in [6.45, 7) is 0.807. The van der Waals surface area contributed by atoms with Gasteiger partial charge in [0, 0.05) is 18.5 Å². The van der Waals surface area contributed by atoms with Crippen LogP contribution < -0.4 is 5.32 Å². The average Bonchev–Trinajstić information content (AvgIpc) is 2.64. The highest BCUT2D eigenvalue weighted by atomic mass is 35.5. The van der Waals surface area contributed by atoms with Crippen LogP contribution in [0.4, 0.5) is 0 Å². The number of hydrogen-bond acceptors (Lipinski definition) is 1. The topological polar surface area (TPSA) is 12.0 Å². The second-order valence-electron chi connectivity index (χ2n) is 5.56. The first-order valence-electron chi connectivity index (χ1n) is 7.85. The van der Waals surface area contributed by atoms with Gasteiger partial charge in [-0.2, -0.15) is 0 Å². The molecule has 0 bridgehead atoms. The maximum absolute atomic E-state index is 6.11. The Morgan fingerprint density at radius 2 is 1.26 bits per heavy atom. The number of alkyl halides is 1. The molecule has 0 saturated heterocycles. The van der Waals surface area contributed by atoms with Crippen LogP contribution in [0.15, 0.2) is 84.9 Å². The molecule has 116 valence electrons. The molecule has 0 aliphatic rings. The summed E-state index contributed by atoms with van der Waals surface area (Å²) in [6, 6.07) is 29.6. The number of halogens is 1. The maximum atomic E-state index is 6.11. The van der Waals surface area contributed by atoms with Gasteiger partial charge in [0.25, 0.3) is 0 Å². The molecule has 0 aliphatic heterocycles. The van der Waals surface area contributed by atoms with Crippen LogP contribution in [0.5, 0.6) is 0 Å². The maximum Gasteiger partial charge on any atom is 0.0460 e. The summed E-state index contributed by atoms with van der Waals surface area (Å²) in [4.78, 5) is 0. The van der Waals surface area contributed by atoms with Crippen molar-refractivity contribution in [1.82, 2.24) is 5.32 Å². The van der Waals surface area contributed by atoms with Crippen molar-refractivity contribution >= 4 is 11.6 Å². The molecule has 0 spiro atoms. The largest absolute Gasteiger partial charge is 0.305 e. The Balaban J connectivity index is 1.64. The van der Waals surface area contributed by atoms with E-state index in [0.29, 0.717) is 5.88 Å². The summed E-state index contributed by atoms with van der Waals surface area (Å²) >= 11 is 6.11. The predicted octanol–water partition coefficient (Wildman–Crippen LogP) is 5.42. The molecular formula is C21H20ClN.